The summed E-state index contributed by atoms with van der Waals surface area (Å²) in [5.41, 5.74) is -0.917. The van der Waals surface area contributed by atoms with Gasteiger partial charge in [-0.1, -0.05) is 6.07 Å². The van der Waals surface area contributed by atoms with Crippen molar-refractivity contribution in [1.82, 2.24) is 24.8 Å². The molecule has 0 saturated carbocycles. The molecule has 7 nitrogen and oxygen atoms in total. The van der Waals surface area contributed by atoms with Gasteiger partial charge in [0.15, 0.2) is 5.82 Å². The highest BCUT2D eigenvalue weighted by atomic mass is 19.4. The average Bonchev–Trinajstić information content (AvgIpc) is 2.83. The number of hydrogen-bond donors (Lipinski definition) is 1. The van der Waals surface area contributed by atoms with Crippen molar-refractivity contribution in [2.45, 2.75) is 12.7 Å². The smallest absolute Gasteiger partial charge is 0.366 e. The van der Waals surface area contributed by atoms with Gasteiger partial charge in [0, 0.05) is 68.4 Å². The first-order valence-corrected chi connectivity index (χ1v) is 10.7. The number of piperazine rings is 1. The Balaban J connectivity index is 1.68. The zero-order chi connectivity index (χ0) is 25.2. The highest BCUT2D eigenvalue weighted by Crippen LogP contribution is 2.31. The molecule has 1 aliphatic rings. The number of nitrogens with one attached hydrogen (secondary N) is 1. The van der Waals surface area contributed by atoms with Crippen molar-refractivity contribution in [2.75, 3.05) is 38.5 Å². The summed E-state index contributed by atoms with van der Waals surface area (Å²) in [6.45, 7) is 2.14. The number of benzene rings is 1. The molecular formula is C23H21F5N6O. The Labute approximate surface area is 197 Å². The maximum absolute atomic E-state index is 14.0. The molecule has 0 aliphatic carbocycles. The summed E-state index contributed by atoms with van der Waals surface area (Å²) in [5.74, 6) is -1.97. The number of likely N-dealkylation sites (N-methyl/N-ethyl adjacent to an activating group) is 1. The van der Waals surface area contributed by atoms with Crippen molar-refractivity contribution >= 4 is 11.7 Å². The number of nitrogens with zero attached hydrogens (tertiary/aromatic N) is 5. The molecule has 4 rings (SSSR count). The molecule has 1 saturated heterocycles. The van der Waals surface area contributed by atoms with E-state index in [4.69, 9.17) is 0 Å². The van der Waals surface area contributed by atoms with E-state index in [1.807, 2.05) is 7.05 Å². The van der Waals surface area contributed by atoms with Crippen molar-refractivity contribution in [3.8, 4) is 11.4 Å². The van der Waals surface area contributed by atoms with Crippen molar-refractivity contribution in [1.29, 1.82) is 0 Å². The number of carbonyl (C=O) groups excluding carboxylic acids is 1. The van der Waals surface area contributed by atoms with Crippen LogP contribution in [0.2, 0.25) is 0 Å². The van der Waals surface area contributed by atoms with Gasteiger partial charge in [0.2, 0.25) is 0 Å². The number of pyridine rings is 1. The van der Waals surface area contributed by atoms with E-state index in [-0.39, 0.29) is 35.0 Å². The van der Waals surface area contributed by atoms with E-state index in [9.17, 15) is 26.7 Å². The normalized spacial score (nSPS) is 14.7. The molecule has 0 atom stereocenters. The van der Waals surface area contributed by atoms with Crippen LogP contribution in [0.25, 0.3) is 11.4 Å². The van der Waals surface area contributed by atoms with E-state index in [1.54, 1.807) is 4.90 Å². The molecule has 1 amide bonds. The van der Waals surface area contributed by atoms with Crippen LogP contribution in [0.3, 0.4) is 0 Å². The lowest BCUT2D eigenvalue weighted by atomic mass is 10.1. The predicted octanol–water partition coefficient (Wildman–Crippen LogP) is 3.84. The molecule has 0 unspecified atom stereocenters. The van der Waals surface area contributed by atoms with Gasteiger partial charge >= 0.3 is 6.18 Å². The Morgan fingerprint density at radius 3 is 2.46 bits per heavy atom. The summed E-state index contributed by atoms with van der Waals surface area (Å²) in [4.78, 5) is 28.9. The van der Waals surface area contributed by atoms with E-state index in [0.717, 1.165) is 24.4 Å². The molecule has 12 heteroatoms. The Hall–Kier alpha value is -3.67. The summed E-state index contributed by atoms with van der Waals surface area (Å²) >= 11 is 0. The van der Waals surface area contributed by atoms with Crippen LogP contribution in [0.5, 0.6) is 0 Å². The van der Waals surface area contributed by atoms with Gasteiger partial charge in [0.05, 0.1) is 5.56 Å². The molecule has 0 radical (unpaired) electrons. The Kier molecular flexibility index (Phi) is 6.92. The average molecular weight is 492 g/mol. The second-order valence-electron chi connectivity index (χ2n) is 8.11. The number of halogens is 5. The quantitative estimate of drug-likeness (QED) is 0.546. The first-order chi connectivity index (χ1) is 16.6. The fourth-order valence-electron chi connectivity index (χ4n) is 3.52. The van der Waals surface area contributed by atoms with Crippen molar-refractivity contribution < 1.29 is 26.7 Å². The van der Waals surface area contributed by atoms with E-state index >= 15 is 0 Å². The number of rotatable bonds is 5. The number of aromatic nitrogens is 3. The number of amides is 1. The van der Waals surface area contributed by atoms with Crippen LogP contribution in [-0.4, -0.2) is 63.9 Å². The minimum Gasteiger partial charge on any atom is -0.366 e. The van der Waals surface area contributed by atoms with Gasteiger partial charge in [-0.3, -0.25) is 9.78 Å². The molecule has 2 aromatic heterocycles. The van der Waals surface area contributed by atoms with Gasteiger partial charge in [-0.25, -0.2) is 18.7 Å². The lowest BCUT2D eigenvalue weighted by molar-refractivity contribution is -0.137. The fourth-order valence-corrected chi connectivity index (χ4v) is 3.52. The summed E-state index contributed by atoms with van der Waals surface area (Å²) in [7, 11) is 1.93. The molecule has 1 aromatic carbocycles. The molecule has 1 N–H and O–H groups in total. The molecule has 1 fully saturated rings. The highest BCUT2D eigenvalue weighted by Gasteiger charge is 2.31. The van der Waals surface area contributed by atoms with Crippen LogP contribution in [-0.2, 0) is 12.7 Å². The van der Waals surface area contributed by atoms with Crippen molar-refractivity contribution in [2.24, 2.45) is 0 Å². The number of hydrogen-bond acceptors (Lipinski definition) is 6. The largest absolute Gasteiger partial charge is 0.417 e. The van der Waals surface area contributed by atoms with Crippen LogP contribution >= 0.6 is 0 Å². The standard InChI is InChI=1S/C23H21F5N6O/c1-33-4-6-34(7-5-33)22(35)19-10-20(30-12-14-2-3-17(24)9-18(14)25)32-21(31-19)15-8-16(13-29-11-15)23(26,27)28/h2-3,8-11,13H,4-7,12H2,1H3,(H,30,31,32). The summed E-state index contributed by atoms with van der Waals surface area (Å²) in [6, 6.07) is 5.29. The number of alkyl halides is 3. The van der Waals surface area contributed by atoms with E-state index < -0.39 is 29.3 Å². The van der Waals surface area contributed by atoms with Crippen LogP contribution in [0, 0.1) is 11.6 Å². The minimum atomic E-state index is -4.63. The molecule has 184 valence electrons. The second kappa shape index (κ2) is 9.90. The summed E-state index contributed by atoms with van der Waals surface area (Å²) in [6.07, 6.45) is -2.78. The molecule has 3 heterocycles. The number of anilines is 1. The lowest BCUT2D eigenvalue weighted by Gasteiger charge is -2.32. The zero-order valence-corrected chi connectivity index (χ0v) is 18.6. The van der Waals surface area contributed by atoms with Crippen LogP contribution < -0.4 is 5.32 Å². The predicted molar refractivity (Wildman–Crippen MR) is 117 cm³/mol. The second-order valence-corrected chi connectivity index (χ2v) is 8.11. The molecule has 3 aromatic rings. The van der Waals surface area contributed by atoms with Gasteiger partial charge in [-0.05, 0) is 19.2 Å². The lowest BCUT2D eigenvalue weighted by Crippen LogP contribution is -2.47. The monoisotopic (exact) mass is 492 g/mol. The maximum atomic E-state index is 14.0. The topological polar surface area (TPSA) is 74.2 Å². The maximum Gasteiger partial charge on any atom is 0.417 e. The third-order valence-electron chi connectivity index (χ3n) is 5.53. The van der Waals surface area contributed by atoms with Gasteiger partial charge in [0.1, 0.15) is 23.1 Å². The Morgan fingerprint density at radius 1 is 1.03 bits per heavy atom. The summed E-state index contributed by atoms with van der Waals surface area (Å²) < 4.78 is 66.8. The zero-order valence-electron chi connectivity index (χ0n) is 18.6. The van der Waals surface area contributed by atoms with E-state index in [0.29, 0.717) is 32.4 Å². The molecule has 0 spiro atoms. The Bertz CT molecular complexity index is 1230. The van der Waals surface area contributed by atoms with Gasteiger partial charge in [-0.2, -0.15) is 13.2 Å². The molecule has 1 aliphatic heterocycles. The van der Waals surface area contributed by atoms with E-state index in [2.05, 4.69) is 25.2 Å². The van der Waals surface area contributed by atoms with Gasteiger partial charge < -0.3 is 15.1 Å². The fraction of sp³-hybridized carbons (Fsp3) is 0.304. The van der Waals surface area contributed by atoms with Crippen LogP contribution in [0.15, 0.2) is 42.7 Å². The van der Waals surface area contributed by atoms with Gasteiger partial charge in [-0.15, -0.1) is 0 Å². The third-order valence-corrected chi connectivity index (χ3v) is 5.53. The minimum absolute atomic E-state index is 0.0287. The van der Waals surface area contributed by atoms with Crippen LogP contribution in [0.4, 0.5) is 27.8 Å². The Morgan fingerprint density at radius 2 is 1.77 bits per heavy atom. The third kappa shape index (κ3) is 5.88. The van der Waals surface area contributed by atoms with Crippen LogP contribution in [0.1, 0.15) is 21.6 Å². The molecular weight excluding hydrogens is 471 g/mol. The van der Waals surface area contributed by atoms with Crippen molar-refractivity contribution in [3.05, 3.63) is 71.2 Å². The highest BCUT2D eigenvalue weighted by molar-refractivity contribution is 5.93. The SMILES string of the molecule is CN1CCN(C(=O)c2cc(NCc3ccc(F)cc3F)nc(-c3cncc(C(F)(F)F)c3)n2)CC1. The van der Waals surface area contributed by atoms with E-state index in [1.165, 1.54) is 12.1 Å². The first-order valence-electron chi connectivity index (χ1n) is 10.7. The van der Waals surface area contributed by atoms with Gasteiger partial charge in [0.25, 0.3) is 5.91 Å². The molecule has 0 bridgehead atoms. The molecule has 35 heavy (non-hydrogen) atoms. The number of carbonyl (C=O) groups is 1. The first kappa shape index (κ1) is 24.5. The van der Waals surface area contributed by atoms with Crippen molar-refractivity contribution in [3.63, 3.8) is 0 Å². The summed E-state index contributed by atoms with van der Waals surface area (Å²) in [5, 5.41) is 2.85.